The van der Waals surface area contributed by atoms with E-state index in [0.29, 0.717) is 30.1 Å². The molecule has 0 aliphatic carbocycles. The van der Waals surface area contributed by atoms with Crippen molar-refractivity contribution in [2.24, 2.45) is 5.92 Å². The fourth-order valence-corrected chi connectivity index (χ4v) is 5.07. The van der Waals surface area contributed by atoms with Crippen molar-refractivity contribution in [3.05, 3.63) is 57.5 Å². The Hall–Kier alpha value is -1.41. The molecule has 1 saturated heterocycles. The molecule has 27 heavy (non-hydrogen) atoms. The molecule has 3 rings (SSSR count). The average Bonchev–Trinajstić information content (AvgIpc) is 2.66. The van der Waals surface area contributed by atoms with Crippen molar-refractivity contribution >= 4 is 49.1 Å². The van der Waals surface area contributed by atoms with Crippen LogP contribution in [-0.2, 0) is 14.8 Å². The van der Waals surface area contributed by atoms with E-state index in [0.717, 1.165) is 10.0 Å². The molecule has 2 aromatic rings. The number of benzene rings is 2. The number of anilines is 1. The number of hydrogen-bond donors (Lipinski definition) is 1. The lowest BCUT2D eigenvalue weighted by molar-refractivity contribution is -0.120. The Bertz CT molecular complexity index is 948. The highest BCUT2D eigenvalue weighted by Crippen LogP contribution is 2.27. The largest absolute Gasteiger partial charge is 0.326 e. The van der Waals surface area contributed by atoms with Gasteiger partial charge in [-0.3, -0.25) is 4.79 Å². The smallest absolute Gasteiger partial charge is 0.243 e. The van der Waals surface area contributed by atoms with Crippen LogP contribution in [0.15, 0.2) is 51.8 Å². The third-order valence-corrected chi connectivity index (χ3v) is 7.55. The number of rotatable bonds is 4. The highest BCUT2D eigenvalue weighted by atomic mass is 79.9. The van der Waals surface area contributed by atoms with Crippen LogP contribution < -0.4 is 5.32 Å². The van der Waals surface area contributed by atoms with Gasteiger partial charge in [-0.25, -0.2) is 8.42 Å². The van der Waals surface area contributed by atoms with Crippen LogP contribution in [0, 0.1) is 12.8 Å². The summed E-state index contributed by atoms with van der Waals surface area (Å²) in [7, 11) is -3.62. The molecule has 0 bridgehead atoms. The maximum Gasteiger partial charge on any atom is 0.243 e. The molecule has 5 nitrogen and oxygen atoms in total. The maximum absolute atomic E-state index is 12.9. The lowest BCUT2D eigenvalue weighted by atomic mass is 9.98. The summed E-state index contributed by atoms with van der Waals surface area (Å²) >= 11 is 9.41. The average molecular weight is 472 g/mol. The van der Waals surface area contributed by atoms with Gasteiger partial charge in [0, 0.05) is 28.3 Å². The highest BCUT2D eigenvalue weighted by molar-refractivity contribution is 9.10. The van der Waals surface area contributed by atoms with Crippen molar-refractivity contribution in [3.8, 4) is 0 Å². The molecular weight excluding hydrogens is 452 g/mol. The molecule has 1 fully saturated rings. The first-order chi connectivity index (χ1) is 12.8. The van der Waals surface area contributed by atoms with Crippen molar-refractivity contribution < 1.29 is 13.2 Å². The molecule has 8 heteroatoms. The van der Waals surface area contributed by atoms with E-state index in [1.54, 1.807) is 42.5 Å². The molecule has 2 aromatic carbocycles. The third-order valence-electron chi connectivity index (χ3n) is 4.73. The predicted octanol–water partition coefficient (Wildman–Crippen LogP) is 4.45. The number of nitrogens with zero attached hydrogens (tertiary/aromatic N) is 1. The molecule has 1 atom stereocenters. The Labute approximate surface area is 172 Å². The number of piperidine rings is 1. The number of nitrogens with one attached hydrogen (secondary N) is 1. The molecule has 0 aromatic heterocycles. The van der Waals surface area contributed by atoms with Gasteiger partial charge in [-0.05, 0) is 61.7 Å². The summed E-state index contributed by atoms with van der Waals surface area (Å²) in [6, 6.07) is 11.9. The number of carbonyl (C=O) groups is 1. The van der Waals surface area contributed by atoms with Crippen molar-refractivity contribution in [1.29, 1.82) is 0 Å². The summed E-state index contributed by atoms with van der Waals surface area (Å²) in [5.41, 5.74) is 1.45. The fraction of sp³-hybridized carbons (Fsp3) is 0.316. The number of carbonyl (C=O) groups excluding carboxylic acids is 1. The van der Waals surface area contributed by atoms with Gasteiger partial charge < -0.3 is 5.32 Å². The second-order valence-electron chi connectivity index (χ2n) is 6.56. The Morgan fingerprint density at radius 2 is 1.93 bits per heavy atom. The minimum absolute atomic E-state index is 0.170. The van der Waals surface area contributed by atoms with Gasteiger partial charge in [-0.15, -0.1) is 0 Å². The summed E-state index contributed by atoms with van der Waals surface area (Å²) in [6.45, 7) is 2.42. The van der Waals surface area contributed by atoms with E-state index in [-0.39, 0.29) is 17.3 Å². The van der Waals surface area contributed by atoms with Crippen LogP contribution in [0.25, 0.3) is 0 Å². The molecular formula is C19H20BrClN2O3S. The van der Waals surface area contributed by atoms with E-state index in [1.807, 2.05) is 6.92 Å². The fourth-order valence-electron chi connectivity index (χ4n) is 3.11. The lowest BCUT2D eigenvalue weighted by Crippen LogP contribution is -2.43. The standard InChI is InChI=1S/C19H20BrClN2O3S/c1-13-17(21)5-2-6-18(13)22-19(24)14-4-3-11-23(12-14)27(25,26)16-9-7-15(20)8-10-16/h2,5-10,14H,3-4,11-12H2,1H3,(H,22,24). The van der Waals surface area contributed by atoms with Crippen molar-refractivity contribution in [2.75, 3.05) is 18.4 Å². The molecule has 0 spiro atoms. The molecule has 1 aliphatic rings. The molecule has 1 aliphatic heterocycles. The van der Waals surface area contributed by atoms with Crippen LogP contribution in [0.5, 0.6) is 0 Å². The van der Waals surface area contributed by atoms with Gasteiger partial charge >= 0.3 is 0 Å². The Kier molecular flexibility index (Phi) is 6.25. The van der Waals surface area contributed by atoms with E-state index in [4.69, 9.17) is 11.6 Å². The van der Waals surface area contributed by atoms with Crippen LogP contribution >= 0.6 is 27.5 Å². The van der Waals surface area contributed by atoms with Gasteiger partial charge in [0.1, 0.15) is 0 Å². The summed E-state index contributed by atoms with van der Waals surface area (Å²) < 4.78 is 28.0. The second-order valence-corrected chi connectivity index (χ2v) is 9.82. The topological polar surface area (TPSA) is 66.5 Å². The quantitative estimate of drug-likeness (QED) is 0.716. The first-order valence-electron chi connectivity index (χ1n) is 8.61. The Balaban J connectivity index is 1.74. The van der Waals surface area contributed by atoms with Gasteiger partial charge in [0.05, 0.1) is 10.8 Å². The predicted molar refractivity (Wildman–Crippen MR) is 110 cm³/mol. The molecule has 1 N–H and O–H groups in total. The SMILES string of the molecule is Cc1c(Cl)cccc1NC(=O)C1CCCN(S(=O)(=O)c2ccc(Br)cc2)C1. The van der Waals surface area contributed by atoms with E-state index in [1.165, 1.54) is 4.31 Å². The maximum atomic E-state index is 12.9. The van der Waals surface area contributed by atoms with Crippen LogP contribution in [0.1, 0.15) is 18.4 Å². The Morgan fingerprint density at radius 1 is 1.22 bits per heavy atom. The Morgan fingerprint density at radius 3 is 2.63 bits per heavy atom. The van der Waals surface area contributed by atoms with Crippen LogP contribution in [0.4, 0.5) is 5.69 Å². The van der Waals surface area contributed by atoms with Crippen LogP contribution in [-0.4, -0.2) is 31.7 Å². The highest BCUT2D eigenvalue weighted by Gasteiger charge is 2.33. The molecule has 1 amide bonds. The molecule has 0 radical (unpaired) electrons. The van der Waals surface area contributed by atoms with Crippen LogP contribution in [0.2, 0.25) is 5.02 Å². The lowest BCUT2D eigenvalue weighted by Gasteiger charge is -2.31. The van der Waals surface area contributed by atoms with E-state index >= 15 is 0 Å². The molecule has 0 saturated carbocycles. The van der Waals surface area contributed by atoms with E-state index in [9.17, 15) is 13.2 Å². The summed E-state index contributed by atoms with van der Waals surface area (Å²) in [6.07, 6.45) is 1.29. The summed E-state index contributed by atoms with van der Waals surface area (Å²) in [4.78, 5) is 12.9. The van der Waals surface area contributed by atoms with Gasteiger partial charge in [-0.2, -0.15) is 4.31 Å². The molecule has 144 valence electrons. The zero-order valence-electron chi connectivity index (χ0n) is 14.8. The summed E-state index contributed by atoms with van der Waals surface area (Å²) in [5.74, 6) is -0.585. The molecule has 1 unspecified atom stereocenters. The zero-order chi connectivity index (χ0) is 19.6. The minimum Gasteiger partial charge on any atom is -0.326 e. The van der Waals surface area contributed by atoms with Crippen molar-refractivity contribution in [2.45, 2.75) is 24.7 Å². The van der Waals surface area contributed by atoms with Gasteiger partial charge in [0.15, 0.2) is 0 Å². The summed E-state index contributed by atoms with van der Waals surface area (Å²) in [5, 5.41) is 3.47. The van der Waals surface area contributed by atoms with Gasteiger partial charge in [0.2, 0.25) is 15.9 Å². The second kappa shape index (κ2) is 8.31. The third kappa shape index (κ3) is 4.54. The first-order valence-corrected chi connectivity index (χ1v) is 11.2. The van der Waals surface area contributed by atoms with E-state index < -0.39 is 15.9 Å². The number of halogens is 2. The van der Waals surface area contributed by atoms with E-state index in [2.05, 4.69) is 21.2 Å². The van der Waals surface area contributed by atoms with Gasteiger partial charge in [-0.1, -0.05) is 33.6 Å². The van der Waals surface area contributed by atoms with Crippen molar-refractivity contribution in [3.63, 3.8) is 0 Å². The van der Waals surface area contributed by atoms with Gasteiger partial charge in [0.25, 0.3) is 0 Å². The number of hydrogen-bond acceptors (Lipinski definition) is 3. The zero-order valence-corrected chi connectivity index (χ0v) is 17.9. The number of amides is 1. The van der Waals surface area contributed by atoms with Crippen molar-refractivity contribution in [1.82, 2.24) is 4.31 Å². The monoisotopic (exact) mass is 470 g/mol. The number of sulfonamides is 1. The minimum atomic E-state index is -3.62. The first kappa shape index (κ1) is 20.3. The molecule has 1 heterocycles. The normalized spacial score (nSPS) is 18.3. The van der Waals surface area contributed by atoms with Crippen LogP contribution in [0.3, 0.4) is 0 Å².